The molecule has 2 aliphatic rings. The van der Waals surface area contributed by atoms with Crippen LogP contribution >= 0.6 is 0 Å². The number of likely N-dealkylation sites (tertiary alicyclic amines) is 1. The first-order valence-electron chi connectivity index (χ1n) is 9.50. The Bertz CT molecular complexity index is 670. The Hall–Kier alpha value is -2.02. The van der Waals surface area contributed by atoms with E-state index in [4.69, 9.17) is 0 Å². The van der Waals surface area contributed by atoms with E-state index in [1.807, 2.05) is 6.20 Å². The zero-order valence-electron chi connectivity index (χ0n) is 15.0. The molecule has 0 saturated carbocycles. The molecule has 0 radical (unpaired) electrons. The molecule has 7 heteroatoms. The van der Waals surface area contributed by atoms with Crippen LogP contribution in [0.25, 0.3) is 0 Å². The van der Waals surface area contributed by atoms with Crippen LogP contribution in [0.4, 0.5) is 5.82 Å². The van der Waals surface area contributed by atoms with Gasteiger partial charge in [-0.15, -0.1) is 10.2 Å². The molecule has 2 fully saturated rings. The number of nitrogens with zero attached hydrogens (tertiary/aromatic N) is 7. The first-order chi connectivity index (χ1) is 12.3. The predicted molar refractivity (Wildman–Crippen MR) is 96.4 cm³/mol. The Labute approximate surface area is 149 Å². The van der Waals surface area contributed by atoms with E-state index in [0.29, 0.717) is 5.92 Å². The van der Waals surface area contributed by atoms with Crippen molar-refractivity contribution in [3.05, 3.63) is 30.2 Å². The minimum atomic E-state index is 0.493. The van der Waals surface area contributed by atoms with E-state index in [-0.39, 0.29) is 0 Å². The number of hydrogen-bond acceptors (Lipinski definition) is 6. The quantitative estimate of drug-likeness (QED) is 0.830. The molecule has 2 saturated heterocycles. The van der Waals surface area contributed by atoms with Crippen molar-refractivity contribution >= 4 is 5.82 Å². The van der Waals surface area contributed by atoms with Crippen LogP contribution in [0, 0.1) is 0 Å². The summed E-state index contributed by atoms with van der Waals surface area (Å²) in [5.41, 5.74) is 0. The van der Waals surface area contributed by atoms with E-state index in [1.54, 1.807) is 12.4 Å². The summed E-state index contributed by atoms with van der Waals surface area (Å²) in [6.07, 6.45) is 10.2. The highest BCUT2D eigenvalue weighted by molar-refractivity contribution is 5.35. The van der Waals surface area contributed by atoms with Crippen LogP contribution < -0.4 is 4.90 Å². The monoisotopic (exact) mass is 341 g/mol. The standard InChI is InChI=1S/C18H27N7/c1-2-25-17(14-23-9-3-4-10-23)21-22-18(25)15-5-11-24(12-6-15)16-13-19-7-8-20-16/h7-8,13,15H,2-6,9-12,14H2,1H3. The molecule has 0 unspecified atom stereocenters. The van der Waals surface area contributed by atoms with Crippen molar-refractivity contribution in [2.75, 3.05) is 31.1 Å². The van der Waals surface area contributed by atoms with E-state index in [0.717, 1.165) is 50.7 Å². The van der Waals surface area contributed by atoms with Crippen molar-refractivity contribution in [3.8, 4) is 0 Å². The highest BCUT2D eigenvalue weighted by Gasteiger charge is 2.27. The molecular formula is C18H27N7. The van der Waals surface area contributed by atoms with E-state index in [2.05, 4.69) is 41.5 Å². The third-order valence-corrected chi connectivity index (χ3v) is 5.47. The van der Waals surface area contributed by atoms with Crippen molar-refractivity contribution in [3.63, 3.8) is 0 Å². The van der Waals surface area contributed by atoms with Crippen molar-refractivity contribution in [1.29, 1.82) is 0 Å². The van der Waals surface area contributed by atoms with Gasteiger partial charge in [0, 0.05) is 37.9 Å². The van der Waals surface area contributed by atoms with Crippen LogP contribution in [0.5, 0.6) is 0 Å². The molecule has 25 heavy (non-hydrogen) atoms. The molecule has 0 bridgehead atoms. The zero-order valence-corrected chi connectivity index (χ0v) is 15.0. The van der Waals surface area contributed by atoms with E-state index in [1.165, 1.54) is 31.8 Å². The number of rotatable bonds is 5. The lowest BCUT2D eigenvalue weighted by atomic mass is 9.96. The van der Waals surface area contributed by atoms with Crippen LogP contribution in [0.1, 0.15) is 50.2 Å². The van der Waals surface area contributed by atoms with Gasteiger partial charge >= 0.3 is 0 Å². The van der Waals surface area contributed by atoms with E-state index in [9.17, 15) is 0 Å². The molecular weight excluding hydrogens is 314 g/mol. The number of aromatic nitrogens is 5. The normalized spacial score (nSPS) is 19.6. The van der Waals surface area contributed by atoms with Crippen LogP contribution in [0.15, 0.2) is 18.6 Å². The van der Waals surface area contributed by atoms with E-state index >= 15 is 0 Å². The summed E-state index contributed by atoms with van der Waals surface area (Å²) >= 11 is 0. The Kier molecular flexibility index (Phi) is 4.92. The largest absolute Gasteiger partial charge is 0.355 e. The lowest BCUT2D eigenvalue weighted by molar-refractivity contribution is 0.315. The third-order valence-electron chi connectivity index (χ3n) is 5.47. The molecule has 7 nitrogen and oxygen atoms in total. The summed E-state index contributed by atoms with van der Waals surface area (Å²) in [5, 5.41) is 9.13. The van der Waals surface area contributed by atoms with Crippen LogP contribution in [-0.4, -0.2) is 55.8 Å². The Morgan fingerprint density at radius 3 is 2.52 bits per heavy atom. The lowest BCUT2D eigenvalue weighted by Gasteiger charge is -2.32. The number of piperidine rings is 1. The second-order valence-electron chi connectivity index (χ2n) is 7.03. The second kappa shape index (κ2) is 7.47. The third kappa shape index (κ3) is 3.51. The summed E-state index contributed by atoms with van der Waals surface area (Å²) in [4.78, 5) is 13.4. The molecule has 4 rings (SSSR count). The molecule has 2 aliphatic heterocycles. The zero-order chi connectivity index (χ0) is 17.1. The van der Waals surface area contributed by atoms with Gasteiger partial charge in [-0.3, -0.25) is 9.88 Å². The highest BCUT2D eigenvalue weighted by atomic mass is 15.3. The highest BCUT2D eigenvalue weighted by Crippen LogP contribution is 2.29. The maximum Gasteiger partial charge on any atom is 0.147 e. The van der Waals surface area contributed by atoms with Gasteiger partial charge in [-0.05, 0) is 45.7 Å². The molecule has 134 valence electrons. The molecule has 0 N–H and O–H groups in total. The molecule has 2 aromatic rings. The first kappa shape index (κ1) is 16.4. The fourth-order valence-electron chi connectivity index (χ4n) is 4.07. The molecule has 0 amide bonds. The van der Waals surface area contributed by atoms with E-state index < -0.39 is 0 Å². The predicted octanol–water partition coefficient (Wildman–Crippen LogP) is 2.07. The second-order valence-corrected chi connectivity index (χ2v) is 7.03. The van der Waals surface area contributed by atoms with Gasteiger partial charge < -0.3 is 9.47 Å². The van der Waals surface area contributed by atoms with Gasteiger partial charge in [-0.2, -0.15) is 0 Å². The summed E-state index contributed by atoms with van der Waals surface area (Å²) in [6, 6.07) is 0. The number of hydrogen-bond donors (Lipinski definition) is 0. The fraction of sp³-hybridized carbons (Fsp3) is 0.667. The van der Waals surface area contributed by atoms with Crippen LogP contribution in [0.3, 0.4) is 0 Å². The summed E-state index contributed by atoms with van der Waals surface area (Å²) < 4.78 is 2.35. The van der Waals surface area contributed by atoms with Gasteiger partial charge in [0.25, 0.3) is 0 Å². The molecule has 0 spiro atoms. The number of anilines is 1. The van der Waals surface area contributed by atoms with Gasteiger partial charge in [0.05, 0.1) is 12.7 Å². The van der Waals surface area contributed by atoms with Gasteiger partial charge in [-0.1, -0.05) is 0 Å². The summed E-state index contributed by atoms with van der Waals surface area (Å²) in [6.45, 7) is 8.50. The molecule has 0 aliphatic carbocycles. The minimum absolute atomic E-state index is 0.493. The Morgan fingerprint density at radius 2 is 1.84 bits per heavy atom. The maximum atomic E-state index is 4.59. The minimum Gasteiger partial charge on any atom is -0.355 e. The average Bonchev–Trinajstić information content (AvgIpc) is 3.32. The van der Waals surface area contributed by atoms with Crippen molar-refractivity contribution in [1.82, 2.24) is 29.6 Å². The molecule has 2 aromatic heterocycles. The van der Waals surface area contributed by atoms with Gasteiger partial charge in [-0.25, -0.2) is 4.98 Å². The average molecular weight is 341 g/mol. The van der Waals surface area contributed by atoms with Gasteiger partial charge in [0.2, 0.25) is 0 Å². The van der Waals surface area contributed by atoms with Crippen molar-refractivity contribution in [2.24, 2.45) is 0 Å². The van der Waals surface area contributed by atoms with Gasteiger partial charge in [0.1, 0.15) is 17.5 Å². The van der Waals surface area contributed by atoms with Crippen LogP contribution in [-0.2, 0) is 13.1 Å². The topological polar surface area (TPSA) is 63.0 Å². The fourth-order valence-corrected chi connectivity index (χ4v) is 4.07. The molecule has 4 heterocycles. The molecule has 0 aromatic carbocycles. The summed E-state index contributed by atoms with van der Waals surface area (Å²) in [7, 11) is 0. The smallest absolute Gasteiger partial charge is 0.147 e. The van der Waals surface area contributed by atoms with Crippen LogP contribution in [0.2, 0.25) is 0 Å². The van der Waals surface area contributed by atoms with Gasteiger partial charge in [0.15, 0.2) is 0 Å². The molecule has 0 atom stereocenters. The maximum absolute atomic E-state index is 4.59. The summed E-state index contributed by atoms with van der Waals surface area (Å²) in [5.74, 6) is 3.78. The van der Waals surface area contributed by atoms with Crippen molar-refractivity contribution in [2.45, 2.75) is 51.6 Å². The lowest BCUT2D eigenvalue weighted by Crippen LogP contribution is -2.34. The SMILES string of the molecule is CCn1c(CN2CCCC2)nnc1C1CCN(c2cnccn2)CC1. The first-order valence-corrected chi connectivity index (χ1v) is 9.50. The Balaban J connectivity index is 1.43. The van der Waals surface area contributed by atoms with Crippen molar-refractivity contribution < 1.29 is 0 Å². The Morgan fingerprint density at radius 1 is 1.04 bits per heavy atom.